The number of rotatable bonds is 9. The molecule has 0 radical (unpaired) electrons. The third-order valence-electron chi connectivity index (χ3n) is 3.75. The van der Waals surface area contributed by atoms with Gasteiger partial charge in [-0.25, -0.2) is 13.1 Å². The summed E-state index contributed by atoms with van der Waals surface area (Å²) in [6, 6.07) is 10.6. The highest BCUT2D eigenvalue weighted by molar-refractivity contribution is 7.89. The first kappa shape index (κ1) is 21.8. The molecule has 2 aromatic rings. The Balaban J connectivity index is 1.92. The summed E-state index contributed by atoms with van der Waals surface area (Å²) in [6.07, 6.45) is 1.51. The lowest BCUT2D eigenvalue weighted by Crippen LogP contribution is -2.25. The van der Waals surface area contributed by atoms with Crippen LogP contribution in [0.2, 0.25) is 10.0 Å². The molecule has 0 unspecified atom stereocenters. The molecule has 0 bridgehead atoms. The minimum atomic E-state index is -3.76. The molecule has 27 heavy (non-hydrogen) atoms. The molecule has 0 fully saturated rings. The van der Waals surface area contributed by atoms with Gasteiger partial charge in [-0.3, -0.25) is 0 Å². The topological polar surface area (TPSA) is 64.6 Å². The zero-order chi connectivity index (χ0) is 20.0. The molecule has 0 saturated heterocycles. The first-order valence-corrected chi connectivity index (χ1v) is 10.8. The van der Waals surface area contributed by atoms with E-state index in [1.807, 2.05) is 38.1 Å². The van der Waals surface area contributed by atoms with Crippen LogP contribution < -0.4 is 14.2 Å². The highest BCUT2D eigenvalue weighted by atomic mass is 35.5. The maximum absolute atomic E-state index is 12.5. The second kappa shape index (κ2) is 9.64. The molecule has 0 saturated carbocycles. The standard InChI is InChI=1S/C19H23Cl2NO4S/c1-13(2)26-15-8-6-14(7-9-15)5-4-12-22-27(23,24)17-11-10-16(25-3)18(20)19(17)21/h6-11,13,22H,4-5,12H2,1-3H3. The third-order valence-corrected chi connectivity index (χ3v) is 6.23. The van der Waals surface area contributed by atoms with Crippen LogP contribution in [-0.2, 0) is 16.4 Å². The van der Waals surface area contributed by atoms with E-state index in [4.69, 9.17) is 32.7 Å². The summed E-state index contributed by atoms with van der Waals surface area (Å²) < 4.78 is 38.1. The SMILES string of the molecule is COc1ccc(S(=O)(=O)NCCCc2ccc(OC(C)C)cc2)c(Cl)c1Cl. The molecule has 0 aliphatic carbocycles. The molecule has 5 nitrogen and oxygen atoms in total. The maximum Gasteiger partial charge on any atom is 0.242 e. The molecule has 0 aliphatic rings. The van der Waals surface area contributed by atoms with Gasteiger partial charge in [-0.2, -0.15) is 0 Å². The van der Waals surface area contributed by atoms with Gasteiger partial charge in [0.2, 0.25) is 10.0 Å². The zero-order valence-electron chi connectivity index (χ0n) is 15.5. The minimum absolute atomic E-state index is 0.0516. The van der Waals surface area contributed by atoms with Crippen LogP contribution in [0.4, 0.5) is 0 Å². The fourth-order valence-electron chi connectivity index (χ4n) is 2.46. The van der Waals surface area contributed by atoms with E-state index in [9.17, 15) is 8.42 Å². The summed E-state index contributed by atoms with van der Waals surface area (Å²) in [6.45, 7) is 4.23. The predicted octanol–water partition coefficient (Wildman–Crippen LogP) is 4.70. The summed E-state index contributed by atoms with van der Waals surface area (Å²) in [5.74, 6) is 1.14. The van der Waals surface area contributed by atoms with Crippen molar-refractivity contribution in [1.82, 2.24) is 4.72 Å². The Hall–Kier alpha value is -1.47. The normalized spacial score (nSPS) is 11.6. The molecule has 2 rings (SSSR count). The zero-order valence-corrected chi connectivity index (χ0v) is 17.8. The second-order valence-electron chi connectivity index (χ2n) is 6.21. The fraction of sp³-hybridized carbons (Fsp3) is 0.368. The Labute approximate surface area is 170 Å². The van der Waals surface area contributed by atoms with Crippen LogP contribution in [0.15, 0.2) is 41.3 Å². The monoisotopic (exact) mass is 431 g/mol. The summed E-state index contributed by atoms with van der Waals surface area (Å²) in [4.78, 5) is -0.0647. The highest BCUT2D eigenvalue weighted by Crippen LogP contribution is 2.36. The molecule has 0 amide bonds. The van der Waals surface area contributed by atoms with E-state index in [0.717, 1.165) is 17.7 Å². The van der Waals surface area contributed by atoms with Crippen molar-refractivity contribution >= 4 is 33.2 Å². The van der Waals surface area contributed by atoms with Crippen molar-refractivity contribution < 1.29 is 17.9 Å². The van der Waals surface area contributed by atoms with Crippen molar-refractivity contribution in [2.45, 2.75) is 37.7 Å². The number of nitrogens with one attached hydrogen (secondary N) is 1. The Morgan fingerprint density at radius 1 is 1.04 bits per heavy atom. The Morgan fingerprint density at radius 2 is 1.70 bits per heavy atom. The molecule has 8 heteroatoms. The van der Waals surface area contributed by atoms with E-state index in [1.54, 1.807) is 0 Å². The first-order chi connectivity index (χ1) is 12.7. The molecular formula is C19H23Cl2NO4S. The second-order valence-corrected chi connectivity index (χ2v) is 8.70. The lowest BCUT2D eigenvalue weighted by Gasteiger charge is -2.12. The summed E-state index contributed by atoms with van der Waals surface area (Å²) in [5.41, 5.74) is 1.11. The minimum Gasteiger partial charge on any atom is -0.495 e. The van der Waals surface area contributed by atoms with E-state index in [0.29, 0.717) is 12.2 Å². The number of benzene rings is 2. The number of methoxy groups -OCH3 is 1. The summed E-state index contributed by atoms with van der Waals surface area (Å²) in [7, 11) is -2.32. The lowest BCUT2D eigenvalue weighted by atomic mass is 10.1. The first-order valence-electron chi connectivity index (χ1n) is 8.52. The van der Waals surface area contributed by atoms with Gasteiger partial charge >= 0.3 is 0 Å². The van der Waals surface area contributed by atoms with Crippen molar-refractivity contribution in [3.63, 3.8) is 0 Å². The molecule has 2 aromatic carbocycles. The number of sulfonamides is 1. The van der Waals surface area contributed by atoms with E-state index in [1.165, 1.54) is 19.2 Å². The molecule has 1 N–H and O–H groups in total. The molecular weight excluding hydrogens is 409 g/mol. The summed E-state index contributed by atoms with van der Waals surface area (Å²) >= 11 is 12.1. The van der Waals surface area contributed by atoms with Gasteiger partial charge in [-0.05, 0) is 56.5 Å². The van der Waals surface area contributed by atoms with Crippen molar-refractivity contribution in [3.8, 4) is 11.5 Å². The Bertz CT molecular complexity index is 868. The fourth-order valence-corrected chi connectivity index (χ4v) is 4.38. The lowest BCUT2D eigenvalue weighted by molar-refractivity contribution is 0.242. The number of halogens is 2. The molecule has 148 valence electrons. The molecule has 0 spiro atoms. The average molecular weight is 432 g/mol. The molecule has 0 heterocycles. The third kappa shape index (κ3) is 6.01. The van der Waals surface area contributed by atoms with Crippen molar-refractivity contribution in [2.75, 3.05) is 13.7 Å². The van der Waals surface area contributed by atoms with Crippen molar-refractivity contribution in [1.29, 1.82) is 0 Å². The molecule has 0 aliphatic heterocycles. The van der Waals surface area contributed by atoms with E-state index in [2.05, 4.69) is 4.72 Å². The Kier molecular flexibility index (Phi) is 7.79. The van der Waals surface area contributed by atoms with Crippen LogP contribution in [0.25, 0.3) is 0 Å². The largest absolute Gasteiger partial charge is 0.495 e. The van der Waals surface area contributed by atoms with Crippen LogP contribution in [-0.4, -0.2) is 28.2 Å². The van der Waals surface area contributed by atoms with Crippen LogP contribution in [0, 0.1) is 0 Å². The van der Waals surface area contributed by atoms with Crippen molar-refractivity contribution in [2.24, 2.45) is 0 Å². The molecule has 0 atom stereocenters. The van der Waals surface area contributed by atoms with Crippen LogP contribution >= 0.6 is 23.2 Å². The number of ether oxygens (including phenoxy) is 2. The number of hydrogen-bond donors (Lipinski definition) is 1. The van der Waals surface area contributed by atoms with Gasteiger partial charge in [0.05, 0.1) is 18.2 Å². The quantitative estimate of drug-likeness (QED) is 0.584. The number of hydrogen-bond acceptors (Lipinski definition) is 4. The van der Waals surface area contributed by atoms with Crippen LogP contribution in [0.3, 0.4) is 0 Å². The van der Waals surface area contributed by atoms with E-state index < -0.39 is 10.0 Å². The van der Waals surface area contributed by atoms with Gasteiger partial charge in [0, 0.05) is 6.54 Å². The summed E-state index contributed by atoms with van der Waals surface area (Å²) in [5, 5.41) is 0.0232. The van der Waals surface area contributed by atoms with Gasteiger partial charge in [-0.1, -0.05) is 35.3 Å². The van der Waals surface area contributed by atoms with Crippen molar-refractivity contribution in [3.05, 3.63) is 52.0 Å². The smallest absolute Gasteiger partial charge is 0.242 e. The van der Waals surface area contributed by atoms with Gasteiger partial charge < -0.3 is 9.47 Å². The van der Waals surface area contributed by atoms with Crippen LogP contribution in [0.1, 0.15) is 25.8 Å². The van der Waals surface area contributed by atoms with E-state index in [-0.39, 0.29) is 27.6 Å². The predicted molar refractivity (Wildman–Crippen MR) is 109 cm³/mol. The maximum atomic E-state index is 12.5. The van der Waals surface area contributed by atoms with E-state index >= 15 is 0 Å². The van der Waals surface area contributed by atoms with Gasteiger partial charge in [0.1, 0.15) is 21.4 Å². The average Bonchev–Trinajstić information content (AvgIpc) is 2.61. The van der Waals surface area contributed by atoms with Gasteiger partial charge in [-0.15, -0.1) is 0 Å². The van der Waals surface area contributed by atoms with Gasteiger partial charge in [0.15, 0.2) is 0 Å². The highest BCUT2D eigenvalue weighted by Gasteiger charge is 2.21. The Morgan fingerprint density at radius 3 is 2.30 bits per heavy atom. The molecule has 0 aromatic heterocycles. The van der Waals surface area contributed by atoms with Gasteiger partial charge in [0.25, 0.3) is 0 Å². The number of aryl methyl sites for hydroxylation is 1. The van der Waals surface area contributed by atoms with Crippen LogP contribution in [0.5, 0.6) is 11.5 Å².